The van der Waals surface area contributed by atoms with Crippen molar-refractivity contribution < 1.29 is 5.11 Å². The van der Waals surface area contributed by atoms with Gasteiger partial charge in [-0.1, -0.05) is 38.1 Å². The molecule has 0 aromatic heterocycles. The van der Waals surface area contributed by atoms with E-state index in [1.165, 1.54) is 5.39 Å². The van der Waals surface area contributed by atoms with Gasteiger partial charge in [-0.3, -0.25) is 0 Å². The lowest BCUT2D eigenvalue weighted by Crippen LogP contribution is -2.08. The lowest BCUT2D eigenvalue weighted by atomic mass is 10.0. The molecule has 17 heavy (non-hydrogen) atoms. The zero-order valence-corrected chi connectivity index (χ0v) is 11.1. The van der Waals surface area contributed by atoms with Gasteiger partial charge in [-0.05, 0) is 28.5 Å². The summed E-state index contributed by atoms with van der Waals surface area (Å²) in [6.45, 7) is 4.09. The Morgan fingerprint density at radius 3 is 2.35 bits per heavy atom. The molecular weight excluding hydrogens is 210 g/mol. The molecular formula is C15H21NO. The fourth-order valence-corrected chi connectivity index (χ4v) is 1.74. The molecule has 0 spiro atoms. The average Bonchev–Trinajstić information content (AvgIpc) is 2.39. The van der Waals surface area contributed by atoms with Crippen LogP contribution in [0.5, 0.6) is 0 Å². The first kappa shape index (κ1) is 13.5. The molecule has 0 bridgehead atoms. The monoisotopic (exact) mass is 231 g/mol. The molecule has 2 aromatic carbocycles. The van der Waals surface area contributed by atoms with E-state index in [1.807, 2.05) is 40.1 Å². The van der Waals surface area contributed by atoms with Crippen LogP contribution in [0.1, 0.15) is 19.4 Å². The van der Waals surface area contributed by atoms with E-state index in [0.29, 0.717) is 0 Å². The summed E-state index contributed by atoms with van der Waals surface area (Å²) in [4.78, 5) is 2.06. The molecule has 0 heterocycles. The first-order valence-corrected chi connectivity index (χ1v) is 6.02. The SMILES string of the molecule is CC.CN(C)c1ccc2cccc(CO)c2c1. The Morgan fingerprint density at radius 2 is 1.76 bits per heavy atom. The van der Waals surface area contributed by atoms with Crippen LogP contribution in [0.15, 0.2) is 36.4 Å². The molecule has 0 saturated heterocycles. The Bertz CT molecular complexity index is 477. The maximum atomic E-state index is 9.25. The molecule has 0 aliphatic heterocycles. The van der Waals surface area contributed by atoms with Crippen LogP contribution in [0.3, 0.4) is 0 Å². The molecule has 0 aliphatic carbocycles. The second kappa shape index (κ2) is 6.26. The zero-order chi connectivity index (χ0) is 12.8. The van der Waals surface area contributed by atoms with Gasteiger partial charge in [-0.15, -0.1) is 0 Å². The second-order valence-corrected chi connectivity index (χ2v) is 3.88. The highest BCUT2D eigenvalue weighted by Gasteiger charge is 2.02. The predicted molar refractivity (Wildman–Crippen MR) is 75.5 cm³/mol. The van der Waals surface area contributed by atoms with Crippen molar-refractivity contribution in [1.82, 2.24) is 0 Å². The molecule has 2 rings (SSSR count). The fourth-order valence-electron chi connectivity index (χ4n) is 1.74. The van der Waals surface area contributed by atoms with Gasteiger partial charge in [0.1, 0.15) is 0 Å². The molecule has 2 heteroatoms. The summed E-state index contributed by atoms with van der Waals surface area (Å²) in [5.41, 5.74) is 2.14. The number of fused-ring (bicyclic) bond motifs is 1. The van der Waals surface area contributed by atoms with E-state index in [2.05, 4.69) is 29.2 Å². The Balaban J connectivity index is 0.000000686. The molecule has 0 atom stereocenters. The summed E-state index contributed by atoms with van der Waals surface area (Å²) in [7, 11) is 4.03. The highest BCUT2D eigenvalue weighted by Crippen LogP contribution is 2.24. The third kappa shape index (κ3) is 2.98. The van der Waals surface area contributed by atoms with Gasteiger partial charge in [0.2, 0.25) is 0 Å². The number of rotatable bonds is 2. The van der Waals surface area contributed by atoms with Gasteiger partial charge in [-0.2, -0.15) is 0 Å². The lowest BCUT2D eigenvalue weighted by Gasteiger charge is -2.14. The largest absolute Gasteiger partial charge is 0.392 e. The van der Waals surface area contributed by atoms with Crippen molar-refractivity contribution in [2.45, 2.75) is 20.5 Å². The van der Waals surface area contributed by atoms with Gasteiger partial charge in [-0.25, -0.2) is 0 Å². The van der Waals surface area contributed by atoms with Crippen LogP contribution in [-0.4, -0.2) is 19.2 Å². The van der Waals surface area contributed by atoms with Crippen molar-refractivity contribution in [3.63, 3.8) is 0 Å². The number of aliphatic hydroxyl groups is 1. The topological polar surface area (TPSA) is 23.5 Å². The van der Waals surface area contributed by atoms with Crippen molar-refractivity contribution in [3.05, 3.63) is 42.0 Å². The quantitative estimate of drug-likeness (QED) is 0.856. The molecule has 0 fully saturated rings. The van der Waals surface area contributed by atoms with Crippen LogP contribution in [0.25, 0.3) is 10.8 Å². The first-order valence-electron chi connectivity index (χ1n) is 6.02. The Morgan fingerprint density at radius 1 is 1.06 bits per heavy atom. The van der Waals surface area contributed by atoms with Crippen molar-refractivity contribution in [2.75, 3.05) is 19.0 Å². The van der Waals surface area contributed by atoms with Gasteiger partial charge in [0.25, 0.3) is 0 Å². The summed E-state index contributed by atoms with van der Waals surface area (Å²) in [5, 5.41) is 11.6. The molecule has 2 aromatic rings. The number of aliphatic hydroxyl groups excluding tert-OH is 1. The molecule has 2 nitrogen and oxygen atoms in total. The number of nitrogens with zero attached hydrogens (tertiary/aromatic N) is 1. The van der Waals surface area contributed by atoms with Crippen LogP contribution in [0, 0.1) is 0 Å². The van der Waals surface area contributed by atoms with E-state index in [-0.39, 0.29) is 6.61 Å². The standard InChI is InChI=1S/C13H15NO.C2H6/c1-14(2)12-7-6-10-4-3-5-11(9-15)13(10)8-12;1-2/h3-8,15H,9H2,1-2H3;1-2H3. The lowest BCUT2D eigenvalue weighted by molar-refractivity contribution is 0.283. The highest BCUT2D eigenvalue weighted by molar-refractivity contribution is 5.88. The van der Waals surface area contributed by atoms with Crippen molar-refractivity contribution in [3.8, 4) is 0 Å². The van der Waals surface area contributed by atoms with Crippen LogP contribution >= 0.6 is 0 Å². The van der Waals surface area contributed by atoms with E-state index in [9.17, 15) is 5.11 Å². The minimum absolute atomic E-state index is 0.0915. The number of hydrogen-bond acceptors (Lipinski definition) is 2. The van der Waals surface area contributed by atoms with Gasteiger partial charge in [0, 0.05) is 19.8 Å². The smallest absolute Gasteiger partial charge is 0.0687 e. The van der Waals surface area contributed by atoms with Gasteiger partial charge in [0.05, 0.1) is 6.61 Å². The Labute approximate surface area is 103 Å². The molecule has 0 aliphatic rings. The minimum atomic E-state index is 0.0915. The van der Waals surface area contributed by atoms with Crippen LogP contribution < -0.4 is 4.90 Å². The molecule has 92 valence electrons. The molecule has 0 saturated carbocycles. The van der Waals surface area contributed by atoms with Gasteiger partial charge in [0.15, 0.2) is 0 Å². The number of benzene rings is 2. The average molecular weight is 231 g/mol. The fraction of sp³-hybridized carbons (Fsp3) is 0.333. The summed E-state index contributed by atoms with van der Waals surface area (Å²) < 4.78 is 0. The van der Waals surface area contributed by atoms with Gasteiger partial charge >= 0.3 is 0 Å². The van der Waals surface area contributed by atoms with Crippen molar-refractivity contribution in [2.24, 2.45) is 0 Å². The molecule has 0 unspecified atom stereocenters. The first-order chi connectivity index (χ1) is 8.22. The molecule has 0 amide bonds. The van der Waals surface area contributed by atoms with E-state index in [4.69, 9.17) is 0 Å². The third-order valence-corrected chi connectivity index (χ3v) is 2.64. The normalized spacial score (nSPS) is 9.71. The second-order valence-electron chi connectivity index (χ2n) is 3.88. The Kier molecular flexibility index (Phi) is 4.98. The number of anilines is 1. The molecule has 0 radical (unpaired) electrons. The summed E-state index contributed by atoms with van der Waals surface area (Å²) >= 11 is 0. The Hall–Kier alpha value is -1.54. The van der Waals surface area contributed by atoms with Crippen LogP contribution in [0.4, 0.5) is 5.69 Å². The van der Waals surface area contributed by atoms with Crippen LogP contribution in [0.2, 0.25) is 0 Å². The summed E-state index contributed by atoms with van der Waals surface area (Å²) in [5.74, 6) is 0. The maximum absolute atomic E-state index is 9.25. The zero-order valence-electron chi connectivity index (χ0n) is 11.1. The minimum Gasteiger partial charge on any atom is -0.392 e. The highest BCUT2D eigenvalue weighted by atomic mass is 16.3. The van der Waals surface area contributed by atoms with E-state index in [0.717, 1.165) is 16.6 Å². The maximum Gasteiger partial charge on any atom is 0.0687 e. The van der Waals surface area contributed by atoms with Crippen molar-refractivity contribution in [1.29, 1.82) is 0 Å². The summed E-state index contributed by atoms with van der Waals surface area (Å²) in [6, 6.07) is 12.3. The summed E-state index contributed by atoms with van der Waals surface area (Å²) in [6.07, 6.45) is 0. The third-order valence-electron chi connectivity index (χ3n) is 2.64. The van der Waals surface area contributed by atoms with Crippen LogP contribution in [-0.2, 0) is 6.61 Å². The predicted octanol–water partition coefficient (Wildman–Crippen LogP) is 3.42. The van der Waals surface area contributed by atoms with E-state index >= 15 is 0 Å². The number of hydrogen-bond donors (Lipinski definition) is 1. The molecule has 1 N–H and O–H groups in total. The van der Waals surface area contributed by atoms with Gasteiger partial charge < -0.3 is 10.0 Å². The van der Waals surface area contributed by atoms with Crippen molar-refractivity contribution >= 4 is 16.5 Å². The van der Waals surface area contributed by atoms with E-state index in [1.54, 1.807) is 0 Å². The van der Waals surface area contributed by atoms with E-state index < -0.39 is 0 Å².